The van der Waals surface area contributed by atoms with Crippen LogP contribution in [0.25, 0.3) is 10.9 Å². The van der Waals surface area contributed by atoms with Gasteiger partial charge in [-0.3, -0.25) is 9.59 Å². The Labute approximate surface area is 109 Å². The minimum Gasteiger partial charge on any atom is -0.497 e. The van der Waals surface area contributed by atoms with Crippen molar-refractivity contribution < 1.29 is 19.1 Å². The molecule has 0 saturated heterocycles. The molecule has 0 aliphatic heterocycles. The Hall–Kier alpha value is -2.50. The molecule has 2 rings (SSSR count). The first-order valence-corrected chi connectivity index (χ1v) is 5.66. The van der Waals surface area contributed by atoms with Gasteiger partial charge in [0.05, 0.1) is 14.2 Å². The second-order valence-corrected chi connectivity index (χ2v) is 3.90. The van der Waals surface area contributed by atoms with Gasteiger partial charge in [-0.05, 0) is 18.2 Å². The number of methoxy groups -OCH3 is 2. The van der Waals surface area contributed by atoms with Gasteiger partial charge in [0.25, 0.3) is 5.91 Å². The van der Waals surface area contributed by atoms with E-state index in [2.05, 4.69) is 15.0 Å². The van der Waals surface area contributed by atoms with Crippen molar-refractivity contribution >= 4 is 22.8 Å². The molecule has 6 nitrogen and oxygen atoms in total. The van der Waals surface area contributed by atoms with Crippen LogP contribution in [-0.4, -0.2) is 37.6 Å². The van der Waals surface area contributed by atoms with Crippen molar-refractivity contribution in [1.82, 2.24) is 10.3 Å². The summed E-state index contributed by atoms with van der Waals surface area (Å²) >= 11 is 0. The van der Waals surface area contributed by atoms with Crippen molar-refractivity contribution in [2.24, 2.45) is 0 Å². The van der Waals surface area contributed by atoms with Gasteiger partial charge in [-0.15, -0.1) is 0 Å². The molecule has 0 aliphatic carbocycles. The number of amides is 1. The average molecular weight is 262 g/mol. The third kappa shape index (κ3) is 2.85. The molecule has 100 valence electrons. The van der Waals surface area contributed by atoms with Crippen LogP contribution in [-0.2, 0) is 9.53 Å². The van der Waals surface area contributed by atoms with E-state index in [0.29, 0.717) is 11.4 Å². The monoisotopic (exact) mass is 262 g/mol. The molecule has 1 aromatic carbocycles. The summed E-state index contributed by atoms with van der Waals surface area (Å²) in [5.41, 5.74) is 1.18. The minimum absolute atomic E-state index is 0.159. The smallest absolute Gasteiger partial charge is 0.325 e. The van der Waals surface area contributed by atoms with Crippen molar-refractivity contribution in [2.75, 3.05) is 20.8 Å². The van der Waals surface area contributed by atoms with Gasteiger partial charge in [-0.25, -0.2) is 0 Å². The van der Waals surface area contributed by atoms with Gasteiger partial charge in [-0.2, -0.15) is 0 Å². The standard InChI is InChI=1S/C13H14N2O4/c1-18-9-4-3-8-5-11(15-10(8)6-9)13(17)14-7-12(16)19-2/h3-6,15H,7H2,1-2H3,(H,14,17). The van der Waals surface area contributed by atoms with Crippen LogP contribution in [0.4, 0.5) is 0 Å². The van der Waals surface area contributed by atoms with Crippen LogP contribution in [0, 0.1) is 0 Å². The van der Waals surface area contributed by atoms with Gasteiger partial charge in [0.1, 0.15) is 18.0 Å². The van der Waals surface area contributed by atoms with Gasteiger partial charge >= 0.3 is 5.97 Å². The van der Waals surface area contributed by atoms with E-state index in [1.165, 1.54) is 7.11 Å². The number of fused-ring (bicyclic) bond motifs is 1. The number of ether oxygens (including phenoxy) is 2. The second kappa shape index (κ2) is 5.43. The number of esters is 1. The van der Waals surface area contributed by atoms with Crippen LogP contribution < -0.4 is 10.1 Å². The number of hydrogen-bond acceptors (Lipinski definition) is 4. The third-order valence-corrected chi connectivity index (χ3v) is 2.70. The molecule has 0 aliphatic rings. The lowest BCUT2D eigenvalue weighted by Gasteiger charge is -2.01. The van der Waals surface area contributed by atoms with E-state index >= 15 is 0 Å². The number of carbonyl (C=O) groups is 2. The number of rotatable bonds is 4. The molecule has 0 unspecified atom stereocenters. The van der Waals surface area contributed by atoms with Crippen LogP contribution >= 0.6 is 0 Å². The van der Waals surface area contributed by atoms with Gasteiger partial charge in [0.2, 0.25) is 0 Å². The number of nitrogens with one attached hydrogen (secondary N) is 2. The van der Waals surface area contributed by atoms with Gasteiger partial charge < -0.3 is 19.8 Å². The van der Waals surface area contributed by atoms with E-state index in [0.717, 1.165) is 10.9 Å². The highest BCUT2D eigenvalue weighted by molar-refractivity contribution is 5.99. The van der Waals surface area contributed by atoms with Crippen molar-refractivity contribution in [3.05, 3.63) is 30.0 Å². The molecule has 19 heavy (non-hydrogen) atoms. The van der Waals surface area contributed by atoms with Crippen LogP contribution in [0.2, 0.25) is 0 Å². The van der Waals surface area contributed by atoms with E-state index < -0.39 is 5.97 Å². The van der Waals surface area contributed by atoms with Gasteiger partial charge in [-0.1, -0.05) is 0 Å². The van der Waals surface area contributed by atoms with Crippen molar-refractivity contribution in [1.29, 1.82) is 0 Å². The fraction of sp³-hybridized carbons (Fsp3) is 0.231. The summed E-state index contributed by atoms with van der Waals surface area (Å²) in [6.45, 7) is -0.159. The highest BCUT2D eigenvalue weighted by Crippen LogP contribution is 2.21. The maximum Gasteiger partial charge on any atom is 0.325 e. The Balaban J connectivity index is 2.16. The van der Waals surface area contributed by atoms with Crippen LogP contribution in [0.1, 0.15) is 10.5 Å². The van der Waals surface area contributed by atoms with Crippen molar-refractivity contribution in [3.8, 4) is 5.75 Å². The maximum atomic E-state index is 11.8. The number of aromatic nitrogens is 1. The van der Waals surface area contributed by atoms with Crippen molar-refractivity contribution in [3.63, 3.8) is 0 Å². The van der Waals surface area contributed by atoms with Gasteiger partial charge in [0, 0.05) is 17.0 Å². The molecular formula is C13H14N2O4. The lowest BCUT2D eigenvalue weighted by atomic mass is 10.2. The normalized spacial score (nSPS) is 10.2. The zero-order valence-electron chi connectivity index (χ0n) is 10.6. The van der Waals surface area contributed by atoms with Crippen LogP contribution in [0.15, 0.2) is 24.3 Å². The number of benzene rings is 1. The Morgan fingerprint density at radius 3 is 2.74 bits per heavy atom. The lowest BCUT2D eigenvalue weighted by Crippen LogP contribution is -2.30. The lowest BCUT2D eigenvalue weighted by molar-refractivity contribution is -0.139. The SMILES string of the molecule is COC(=O)CNC(=O)c1cc2ccc(OC)cc2[nH]1. The fourth-order valence-electron chi connectivity index (χ4n) is 1.68. The molecule has 1 aromatic heterocycles. The summed E-state index contributed by atoms with van der Waals surface area (Å²) in [7, 11) is 2.85. The molecule has 1 amide bonds. The summed E-state index contributed by atoms with van der Waals surface area (Å²) in [6.07, 6.45) is 0. The molecule has 2 aromatic rings. The molecule has 6 heteroatoms. The summed E-state index contributed by atoms with van der Waals surface area (Å²) in [5.74, 6) is -0.150. The van der Waals surface area contributed by atoms with E-state index in [1.807, 2.05) is 12.1 Å². The molecule has 0 bridgehead atoms. The summed E-state index contributed by atoms with van der Waals surface area (Å²) in [6, 6.07) is 7.17. The summed E-state index contributed by atoms with van der Waals surface area (Å²) in [5, 5.41) is 3.36. The van der Waals surface area contributed by atoms with Gasteiger partial charge in [0.15, 0.2) is 0 Å². The van der Waals surface area contributed by atoms with Crippen molar-refractivity contribution in [2.45, 2.75) is 0 Å². The average Bonchev–Trinajstić information content (AvgIpc) is 2.86. The number of hydrogen-bond donors (Lipinski definition) is 2. The topological polar surface area (TPSA) is 80.4 Å². The first kappa shape index (κ1) is 12.9. The summed E-state index contributed by atoms with van der Waals surface area (Å²) in [4.78, 5) is 25.7. The largest absolute Gasteiger partial charge is 0.497 e. The quantitative estimate of drug-likeness (QED) is 0.808. The van der Waals surface area contributed by atoms with E-state index in [-0.39, 0.29) is 12.5 Å². The minimum atomic E-state index is -0.494. The summed E-state index contributed by atoms with van der Waals surface area (Å²) < 4.78 is 9.55. The molecule has 0 atom stereocenters. The predicted molar refractivity (Wildman–Crippen MR) is 69.2 cm³/mol. The van der Waals surface area contributed by atoms with E-state index in [9.17, 15) is 9.59 Å². The molecule has 1 heterocycles. The second-order valence-electron chi connectivity index (χ2n) is 3.90. The highest BCUT2D eigenvalue weighted by Gasteiger charge is 2.11. The zero-order chi connectivity index (χ0) is 13.8. The van der Waals surface area contributed by atoms with Crippen LogP contribution in [0.5, 0.6) is 5.75 Å². The number of carbonyl (C=O) groups excluding carboxylic acids is 2. The van der Waals surface area contributed by atoms with E-state index in [4.69, 9.17) is 4.74 Å². The fourth-order valence-corrected chi connectivity index (χ4v) is 1.68. The molecule has 0 spiro atoms. The van der Waals surface area contributed by atoms with E-state index in [1.54, 1.807) is 19.2 Å². The maximum absolute atomic E-state index is 11.8. The molecule has 0 saturated carbocycles. The first-order valence-electron chi connectivity index (χ1n) is 5.66. The first-order chi connectivity index (χ1) is 9.13. The zero-order valence-corrected chi connectivity index (χ0v) is 10.6. The predicted octanol–water partition coefficient (Wildman–Crippen LogP) is 1.08. The Kier molecular flexibility index (Phi) is 3.70. The molecule has 2 N–H and O–H groups in total. The highest BCUT2D eigenvalue weighted by atomic mass is 16.5. The van der Waals surface area contributed by atoms with Crippen LogP contribution in [0.3, 0.4) is 0 Å². The Morgan fingerprint density at radius 1 is 1.26 bits per heavy atom. The molecular weight excluding hydrogens is 248 g/mol. The third-order valence-electron chi connectivity index (χ3n) is 2.70. The molecule has 0 fully saturated rings. The Morgan fingerprint density at radius 2 is 2.05 bits per heavy atom. The number of H-pyrrole nitrogens is 1. The number of aromatic amines is 1. The Bertz CT molecular complexity index is 618. The molecule has 0 radical (unpaired) electrons.